The molecule has 1 fully saturated rings. The number of carbonyl (C=O) groups excluding carboxylic acids is 1. The number of esters is 1. The SMILES string of the molecule is CCOC(=O)c1c(N)nsc1N1CCCC1CN(C)C. The van der Waals surface area contributed by atoms with Crippen LogP contribution in [0.15, 0.2) is 0 Å². The lowest BCUT2D eigenvalue weighted by atomic mass is 10.2. The second kappa shape index (κ2) is 6.41. The van der Waals surface area contributed by atoms with E-state index in [1.807, 2.05) is 0 Å². The molecule has 0 bridgehead atoms. The van der Waals surface area contributed by atoms with Crippen LogP contribution < -0.4 is 10.6 Å². The van der Waals surface area contributed by atoms with Crippen molar-refractivity contribution in [1.29, 1.82) is 0 Å². The Morgan fingerprint density at radius 1 is 1.60 bits per heavy atom. The molecule has 1 saturated heterocycles. The summed E-state index contributed by atoms with van der Waals surface area (Å²) in [6.45, 7) is 4.03. The maximum Gasteiger partial charge on any atom is 0.345 e. The van der Waals surface area contributed by atoms with Crippen molar-refractivity contribution < 1.29 is 9.53 Å². The van der Waals surface area contributed by atoms with Gasteiger partial charge >= 0.3 is 5.97 Å². The Morgan fingerprint density at radius 2 is 2.35 bits per heavy atom. The monoisotopic (exact) mass is 298 g/mol. The van der Waals surface area contributed by atoms with Gasteiger partial charge in [0.2, 0.25) is 0 Å². The smallest absolute Gasteiger partial charge is 0.345 e. The lowest BCUT2D eigenvalue weighted by molar-refractivity contribution is 0.0528. The number of hydrogen-bond donors (Lipinski definition) is 1. The topological polar surface area (TPSA) is 71.7 Å². The van der Waals surface area contributed by atoms with Gasteiger partial charge in [0.05, 0.1) is 6.61 Å². The van der Waals surface area contributed by atoms with Crippen LogP contribution in [0.4, 0.5) is 10.8 Å². The van der Waals surface area contributed by atoms with Gasteiger partial charge in [-0.25, -0.2) is 4.79 Å². The van der Waals surface area contributed by atoms with Gasteiger partial charge in [0.15, 0.2) is 5.82 Å². The molecular weight excluding hydrogens is 276 g/mol. The second-order valence-corrected chi connectivity index (χ2v) is 5.97. The lowest BCUT2D eigenvalue weighted by Gasteiger charge is -2.28. The van der Waals surface area contributed by atoms with E-state index in [-0.39, 0.29) is 11.8 Å². The van der Waals surface area contributed by atoms with Crippen LogP contribution >= 0.6 is 11.5 Å². The summed E-state index contributed by atoms with van der Waals surface area (Å²) in [6.07, 6.45) is 2.25. The summed E-state index contributed by atoms with van der Waals surface area (Å²) in [5.74, 6) is -0.0943. The molecule has 2 N–H and O–H groups in total. The minimum Gasteiger partial charge on any atom is -0.462 e. The zero-order chi connectivity index (χ0) is 14.7. The molecule has 2 heterocycles. The number of rotatable bonds is 5. The number of ether oxygens (including phenoxy) is 1. The van der Waals surface area contributed by atoms with E-state index < -0.39 is 0 Å². The van der Waals surface area contributed by atoms with Crippen LogP contribution in [0.1, 0.15) is 30.1 Å². The molecule has 0 saturated carbocycles. The zero-order valence-electron chi connectivity index (χ0n) is 12.3. The summed E-state index contributed by atoms with van der Waals surface area (Å²) in [5, 5.41) is 0.852. The van der Waals surface area contributed by atoms with Crippen LogP contribution in [0.25, 0.3) is 0 Å². The van der Waals surface area contributed by atoms with Gasteiger partial charge in [0.1, 0.15) is 10.6 Å². The highest BCUT2D eigenvalue weighted by molar-refractivity contribution is 7.11. The summed E-state index contributed by atoms with van der Waals surface area (Å²) in [6, 6.07) is 0.401. The van der Waals surface area contributed by atoms with Gasteiger partial charge in [-0.1, -0.05) is 0 Å². The van der Waals surface area contributed by atoms with E-state index in [4.69, 9.17) is 10.5 Å². The summed E-state index contributed by atoms with van der Waals surface area (Å²) in [5.41, 5.74) is 6.28. The molecule has 1 aromatic heterocycles. The fourth-order valence-electron chi connectivity index (χ4n) is 2.60. The van der Waals surface area contributed by atoms with Gasteiger partial charge in [-0.15, -0.1) is 0 Å². The Kier molecular flexibility index (Phi) is 4.82. The number of likely N-dealkylation sites (N-methyl/N-ethyl adjacent to an activating group) is 1. The third-order valence-electron chi connectivity index (χ3n) is 3.39. The predicted octanol–water partition coefficient (Wildman–Crippen LogP) is 1.43. The zero-order valence-corrected chi connectivity index (χ0v) is 13.1. The van der Waals surface area contributed by atoms with Gasteiger partial charge < -0.3 is 20.3 Å². The van der Waals surface area contributed by atoms with Crippen LogP contribution in [0, 0.1) is 0 Å². The molecule has 1 aromatic rings. The molecule has 0 amide bonds. The Hall–Kier alpha value is -1.34. The summed E-state index contributed by atoms with van der Waals surface area (Å²) >= 11 is 1.29. The van der Waals surface area contributed by atoms with Crippen LogP contribution in [-0.2, 0) is 4.74 Å². The van der Waals surface area contributed by atoms with Crippen LogP contribution in [0.2, 0.25) is 0 Å². The highest BCUT2D eigenvalue weighted by Crippen LogP contribution is 2.36. The number of anilines is 2. The molecule has 20 heavy (non-hydrogen) atoms. The van der Waals surface area contributed by atoms with Gasteiger partial charge in [0, 0.05) is 19.1 Å². The van der Waals surface area contributed by atoms with Crippen molar-refractivity contribution in [3.63, 3.8) is 0 Å². The molecule has 6 nitrogen and oxygen atoms in total. The van der Waals surface area contributed by atoms with Crippen LogP contribution in [0.5, 0.6) is 0 Å². The van der Waals surface area contributed by atoms with Crippen molar-refractivity contribution in [3.8, 4) is 0 Å². The number of carbonyl (C=O) groups is 1. The molecule has 2 rings (SSSR count). The number of nitrogens with zero attached hydrogens (tertiary/aromatic N) is 3. The molecule has 112 valence electrons. The van der Waals surface area contributed by atoms with Gasteiger partial charge in [0.25, 0.3) is 0 Å². The number of aromatic nitrogens is 1. The predicted molar refractivity (Wildman–Crippen MR) is 81.4 cm³/mol. The van der Waals surface area contributed by atoms with Crippen molar-refractivity contribution in [1.82, 2.24) is 9.27 Å². The first-order valence-corrected chi connectivity index (χ1v) is 7.65. The molecule has 0 spiro atoms. The maximum absolute atomic E-state index is 12.1. The van der Waals surface area contributed by atoms with E-state index in [0.717, 1.165) is 30.9 Å². The second-order valence-electron chi connectivity index (χ2n) is 5.22. The van der Waals surface area contributed by atoms with E-state index in [2.05, 4.69) is 28.3 Å². The number of nitrogens with two attached hydrogens (primary N) is 1. The van der Waals surface area contributed by atoms with Crippen LogP contribution in [-0.4, -0.2) is 55.1 Å². The van der Waals surface area contributed by atoms with Crippen molar-refractivity contribution in [2.75, 3.05) is 44.4 Å². The Labute approximate surface area is 123 Å². The molecule has 0 radical (unpaired) electrons. The molecule has 1 aliphatic rings. The van der Waals surface area contributed by atoms with E-state index in [1.165, 1.54) is 11.5 Å². The van der Waals surface area contributed by atoms with E-state index in [9.17, 15) is 4.79 Å². The molecule has 1 aliphatic heterocycles. The van der Waals surface area contributed by atoms with Crippen molar-refractivity contribution in [3.05, 3.63) is 5.56 Å². The van der Waals surface area contributed by atoms with Gasteiger partial charge in [-0.3, -0.25) is 0 Å². The maximum atomic E-state index is 12.1. The molecule has 1 unspecified atom stereocenters. The Bertz CT molecular complexity index is 475. The molecule has 1 atom stereocenters. The fraction of sp³-hybridized carbons (Fsp3) is 0.692. The average Bonchev–Trinajstić information content (AvgIpc) is 2.95. The molecular formula is C13H22N4O2S. The average molecular weight is 298 g/mol. The molecule has 0 aliphatic carbocycles. The van der Waals surface area contributed by atoms with Crippen molar-refractivity contribution >= 4 is 28.3 Å². The fourth-order valence-corrected chi connectivity index (χ4v) is 3.50. The van der Waals surface area contributed by atoms with Gasteiger partial charge in [-0.2, -0.15) is 4.37 Å². The number of hydrogen-bond acceptors (Lipinski definition) is 7. The Balaban J connectivity index is 2.26. The third-order valence-corrected chi connectivity index (χ3v) is 4.29. The standard InChI is InChI=1S/C13H22N4O2S/c1-4-19-13(18)10-11(14)15-20-12(10)17-7-5-6-9(17)8-16(2)3/h9H,4-8H2,1-3H3,(H2,14,15). The summed E-state index contributed by atoms with van der Waals surface area (Å²) < 4.78 is 9.24. The first-order chi connectivity index (χ1) is 9.54. The first kappa shape index (κ1) is 15.1. The number of nitrogen functional groups attached to an aromatic ring is 1. The molecule has 0 aromatic carbocycles. The molecule has 7 heteroatoms. The normalized spacial score (nSPS) is 18.8. The highest BCUT2D eigenvalue weighted by Gasteiger charge is 2.32. The Morgan fingerprint density at radius 3 is 3.00 bits per heavy atom. The first-order valence-electron chi connectivity index (χ1n) is 6.88. The van der Waals surface area contributed by atoms with Crippen molar-refractivity contribution in [2.45, 2.75) is 25.8 Å². The largest absolute Gasteiger partial charge is 0.462 e. The van der Waals surface area contributed by atoms with Gasteiger partial charge in [-0.05, 0) is 45.4 Å². The summed E-state index contributed by atoms with van der Waals surface area (Å²) in [7, 11) is 4.12. The quantitative estimate of drug-likeness (QED) is 0.829. The van der Waals surface area contributed by atoms with Crippen LogP contribution in [0.3, 0.4) is 0 Å². The van der Waals surface area contributed by atoms with E-state index in [1.54, 1.807) is 6.92 Å². The minimum absolute atomic E-state index is 0.277. The summed E-state index contributed by atoms with van der Waals surface area (Å²) in [4.78, 5) is 16.5. The van der Waals surface area contributed by atoms with E-state index >= 15 is 0 Å². The van der Waals surface area contributed by atoms with Crippen molar-refractivity contribution in [2.24, 2.45) is 0 Å². The minimum atomic E-state index is -0.371. The van der Waals surface area contributed by atoms with E-state index in [0.29, 0.717) is 18.2 Å². The highest BCUT2D eigenvalue weighted by atomic mass is 32.1. The third kappa shape index (κ3) is 3.04. The lowest BCUT2D eigenvalue weighted by Crippen LogP contribution is -2.37.